The summed E-state index contributed by atoms with van der Waals surface area (Å²) in [5.41, 5.74) is -1.18. The smallest absolute Gasteiger partial charge is 0.329 e. The van der Waals surface area contributed by atoms with Crippen molar-refractivity contribution in [3.8, 4) is 0 Å². The van der Waals surface area contributed by atoms with Gasteiger partial charge in [0, 0.05) is 18.9 Å². The Kier molecular flexibility index (Phi) is 10.6. The first-order valence-corrected chi connectivity index (χ1v) is 22.2. The standard InChI is InChI=1S/C41H47FN2O4SSi2/c1-40(2,3)50(30-19-11-7-12-20-30,31-21-13-8-14-22-31)47-29-34-37(36(42)38(49-34)44-28-27-35(45)43-39(44)46)48-51(41(4,5)6,32-23-15-9-16-24-32)33-25-17-10-18-26-33/h7-28,34,36-38H,29H2,1-6H3,(H,43,45,46)/t34-,36?,37-,38-/m1/s1. The number of alkyl halides is 1. The Balaban J connectivity index is 1.51. The van der Waals surface area contributed by atoms with Crippen LogP contribution in [0, 0.1) is 0 Å². The summed E-state index contributed by atoms with van der Waals surface area (Å²) in [6, 6.07) is 42.4. The van der Waals surface area contributed by atoms with Crippen LogP contribution < -0.4 is 32.0 Å². The molecule has 1 aliphatic rings. The Morgan fingerprint density at radius 1 is 0.667 bits per heavy atom. The molecule has 4 atom stereocenters. The quantitative estimate of drug-likeness (QED) is 0.178. The molecule has 0 aliphatic carbocycles. The molecule has 5 aromatic rings. The Morgan fingerprint density at radius 2 is 1.08 bits per heavy atom. The number of nitrogens with one attached hydrogen (secondary N) is 1. The van der Waals surface area contributed by atoms with Crippen LogP contribution in [0.3, 0.4) is 0 Å². The lowest BCUT2D eigenvalue weighted by atomic mass is 10.1. The molecular formula is C41H47FN2O4SSi2. The maximum Gasteiger partial charge on any atom is 0.329 e. The van der Waals surface area contributed by atoms with E-state index in [1.165, 1.54) is 28.6 Å². The van der Waals surface area contributed by atoms with E-state index >= 15 is 4.39 Å². The summed E-state index contributed by atoms with van der Waals surface area (Å²) in [5, 5.41) is 2.20. The van der Waals surface area contributed by atoms with Gasteiger partial charge in [-0.05, 0) is 30.8 Å². The van der Waals surface area contributed by atoms with E-state index in [-0.39, 0.29) is 11.6 Å². The first-order valence-electron chi connectivity index (χ1n) is 17.4. The third kappa shape index (κ3) is 6.92. The summed E-state index contributed by atoms with van der Waals surface area (Å²) in [7, 11) is -6.24. The molecule has 1 unspecified atom stereocenters. The Bertz CT molecular complexity index is 1940. The highest BCUT2D eigenvalue weighted by atomic mass is 32.2. The third-order valence-electron chi connectivity index (χ3n) is 10.0. The predicted molar refractivity (Wildman–Crippen MR) is 213 cm³/mol. The number of H-pyrrole nitrogens is 1. The number of aromatic amines is 1. The van der Waals surface area contributed by atoms with Crippen LogP contribution in [0.1, 0.15) is 46.9 Å². The second kappa shape index (κ2) is 14.7. The van der Waals surface area contributed by atoms with Crippen molar-refractivity contribution in [2.45, 2.75) is 74.5 Å². The van der Waals surface area contributed by atoms with E-state index in [0.29, 0.717) is 0 Å². The van der Waals surface area contributed by atoms with Gasteiger partial charge in [0.15, 0.2) is 6.17 Å². The average molecular weight is 739 g/mol. The van der Waals surface area contributed by atoms with Gasteiger partial charge in [0.25, 0.3) is 22.2 Å². The highest BCUT2D eigenvalue weighted by Crippen LogP contribution is 2.49. The maximum absolute atomic E-state index is 17.5. The summed E-state index contributed by atoms with van der Waals surface area (Å²) in [4.78, 5) is 27.5. The van der Waals surface area contributed by atoms with Crippen LogP contribution in [-0.4, -0.2) is 50.3 Å². The Labute approximate surface area is 306 Å². The highest BCUT2D eigenvalue weighted by molar-refractivity contribution is 8.00. The van der Waals surface area contributed by atoms with Crippen molar-refractivity contribution >= 4 is 49.1 Å². The summed E-state index contributed by atoms with van der Waals surface area (Å²) >= 11 is 1.34. The lowest BCUT2D eigenvalue weighted by Crippen LogP contribution is -2.69. The molecule has 6 nitrogen and oxygen atoms in total. The predicted octanol–water partition coefficient (Wildman–Crippen LogP) is 6.01. The van der Waals surface area contributed by atoms with Gasteiger partial charge < -0.3 is 8.85 Å². The Hall–Kier alpha value is -3.81. The number of nitrogens with zero attached hydrogens (tertiary/aromatic N) is 1. The van der Waals surface area contributed by atoms with Crippen molar-refractivity contribution in [3.63, 3.8) is 0 Å². The molecule has 1 fully saturated rings. The van der Waals surface area contributed by atoms with E-state index in [4.69, 9.17) is 8.85 Å². The normalized spacial score (nSPS) is 20.0. The number of halogens is 1. The van der Waals surface area contributed by atoms with Crippen molar-refractivity contribution in [1.29, 1.82) is 0 Å². The molecule has 0 radical (unpaired) electrons. The molecule has 51 heavy (non-hydrogen) atoms. The summed E-state index contributed by atoms with van der Waals surface area (Å²) in [6.45, 7) is 13.4. The second-order valence-corrected chi connectivity index (χ2v) is 25.2. The molecule has 1 aromatic heterocycles. The zero-order valence-electron chi connectivity index (χ0n) is 30.1. The maximum atomic E-state index is 17.5. The lowest BCUT2D eigenvalue weighted by Gasteiger charge is -2.46. The van der Waals surface area contributed by atoms with E-state index in [1.807, 2.05) is 72.8 Å². The highest BCUT2D eigenvalue weighted by Gasteiger charge is 2.58. The van der Waals surface area contributed by atoms with Gasteiger partial charge in [-0.2, -0.15) is 0 Å². The first-order chi connectivity index (χ1) is 24.3. The van der Waals surface area contributed by atoms with Crippen LogP contribution in [-0.2, 0) is 8.85 Å². The van der Waals surface area contributed by atoms with Crippen molar-refractivity contribution in [3.05, 3.63) is 154 Å². The topological polar surface area (TPSA) is 73.3 Å². The molecule has 10 heteroatoms. The van der Waals surface area contributed by atoms with E-state index in [2.05, 4.69) is 95.1 Å². The number of hydrogen-bond acceptors (Lipinski definition) is 5. The van der Waals surface area contributed by atoms with Gasteiger partial charge in [0.05, 0.1) is 11.4 Å². The van der Waals surface area contributed by atoms with Crippen LogP contribution in [0.4, 0.5) is 4.39 Å². The van der Waals surface area contributed by atoms with Gasteiger partial charge in [-0.15, -0.1) is 11.8 Å². The van der Waals surface area contributed by atoms with Crippen molar-refractivity contribution < 1.29 is 13.2 Å². The van der Waals surface area contributed by atoms with E-state index in [0.717, 1.165) is 20.7 Å². The van der Waals surface area contributed by atoms with Crippen LogP contribution in [0.15, 0.2) is 143 Å². The fourth-order valence-corrected chi connectivity index (χ4v) is 18.7. The van der Waals surface area contributed by atoms with E-state index < -0.39 is 55.8 Å². The fraction of sp³-hybridized carbons (Fsp3) is 0.317. The van der Waals surface area contributed by atoms with E-state index in [9.17, 15) is 9.59 Å². The largest absolute Gasteiger partial charge is 0.406 e. The number of benzene rings is 4. The molecule has 1 aliphatic heterocycles. The number of rotatable bonds is 10. The molecule has 266 valence electrons. The van der Waals surface area contributed by atoms with Gasteiger partial charge in [0.2, 0.25) is 0 Å². The minimum Gasteiger partial charge on any atom is -0.406 e. The number of hydrogen-bond donors (Lipinski definition) is 1. The summed E-state index contributed by atoms with van der Waals surface area (Å²) in [5.74, 6) is 0. The zero-order chi connectivity index (χ0) is 36.4. The third-order valence-corrected chi connectivity index (χ3v) is 21.6. The van der Waals surface area contributed by atoms with Gasteiger partial charge in [-0.25, -0.2) is 9.18 Å². The minimum absolute atomic E-state index is 0.190. The number of thioether (sulfide) groups is 1. The van der Waals surface area contributed by atoms with Gasteiger partial charge in [0.1, 0.15) is 5.37 Å². The molecule has 2 heterocycles. The van der Waals surface area contributed by atoms with Gasteiger partial charge in [-0.1, -0.05) is 163 Å². The number of aromatic nitrogens is 2. The zero-order valence-corrected chi connectivity index (χ0v) is 32.9. The summed E-state index contributed by atoms with van der Waals surface area (Å²) in [6.07, 6.45) is -1.15. The molecule has 1 saturated heterocycles. The summed E-state index contributed by atoms with van der Waals surface area (Å²) < 4.78 is 33.7. The van der Waals surface area contributed by atoms with E-state index in [1.54, 1.807) is 0 Å². The second-order valence-electron chi connectivity index (χ2n) is 15.2. The van der Waals surface area contributed by atoms with Crippen molar-refractivity contribution in [2.75, 3.05) is 6.61 Å². The van der Waals surface area contributed by atoms with Crippen LogP contribution in [0.25, 0.3) is 0 Å². The molecule has 0 spiro atoms. The average Bonchev–Trinajstić information content (AvgIpc) is 3.41. The molecular weight excluding hydrogens is 692 g/mol. The van der Waals surface area contributed by atoms with Gasteiger partial charge in [-0.3, -0.25) is 14.3 Å². The molecule has 0 bridgehead atoms. The molecule has 0 amide bonds. The molecule has 1 N–H and O–H groups in total. The fourth-order valence-electron chi connectivity index (χ4n) is 7.68. The van der Waals surface area contributed by atoms with Crippen molar-refractivity contribution in [2.24, 2.45) is 0 Å². The lowest BCUT2D eigenvalue weighted by molar-refractivity contribution is 0.0760. The van der Waals surface area contributed by atoms with Crippen LogP contribution >= 0.6 is 11.8 Å². The van der Waals surface area contributed by atoms with Crippen LogP contribution in [0.5, 0.6) is 0 Å². The molecule has 4 aromatic carbocycles. The minimum atomic E-state index is -3.23. The Morgan fingerprint density at radius 3 is 1.47 bits per heavy atom. The SMILES string of the molecule is CC(C)(C)[Si](OC[C@H]1S[C@@H](n2ccc(=O)[nH]c2=O)C(F)[C@@H]1O[Si](c1ccccc1)(c1ccccc1)C(C)(C)C)(c1ccccc1)c1ccccc1. The van der Waals surface area contributed by atoms with Crippen LogP contribution in [0.2, 0.25) is 10.1 Å². The van der Waals surface area contributed by atoms with Gasteiger partial charge >= 0.3 is 5.69 Å². The first kappa shape index (κ1) is 37.0. The monoisotopic (exact) mass is 738 g/mol. The molecule has 6 rings (SSSR count). The van der Waals surface area contributed by atoms with Crippen molar-refractivity contribution in [1.82, 2.24) is 9.55 Å². The molecule has 0 saturated carbocycles.